The van der Waals surface area contributed by atoms with Crippen molar-refractivity contribution < 1.29 is 9.59 Å². The minimum absolute atomic E-state index is 0.125. The van der Waals surface area contributed by atoms with Crippen LogP contribution in [-0.4, -0.2) is 28.6 Å². The molecule has 1 aliphatic heterocycles. The SMILES string of the molecule is CC(=O)Nc1nc(C(=O)N2CC[C@@H](C)Sc3ccccc32)cs1. The maximum atomic E-state index is 12.9. The molecule has 0 fully saturated rings. The summed E-state index contributed by atoms with van der Waals surface area (Å²) in [4.78, 5) is 31.1. The molecule has 1 aromatic heterocycles. The second-order valence-electron chi connectivity index (χ2n) is 5.36. The Balaban J connectivity index is 1.89. The van der Waals surface area contributed by atoms with E-state index in [1.807, 2.05) is 24.3 Å². The van der Waals surface area contributed by atoms with Crippen LogP contribution in [0.15, 0.2) is 34.5 Å². The molecule has 7 heteroatoms. The molecule has 0 spiro atoms. The molecule has 0 saturated carbocycles. The zero-order valence-electron chi connectivity index (χ0n) is 12.9. The topological polar surface area (TPSA) is 62.3 Å². The van der Waals surface area contributed by atoms with Crippen LogP contribution in [0.3, 0.4) is 0 Å². The third-order valence-corrected chi connectivity index (χ3v) is 5.49. The summed E-state index contributed by atoms with van der Waals surface area (Å²) in [6.07, 6.45) is 0.924. The summed E-state index contributed by atoms with van der Waals surface area (Å²) < 4.78 is 0. The Morgan fingerprint density at radius 3 is 2.91 bits per heavy atom. The van der Waals surface area contributed by atoms with Crippen LogP contribution in [0.1, 0.15) is 30.8 Å². The number of hydrogen-bond acceptors (Lipinski definition) is 5. The maximum Gasteiger partial charge on any atom is 0.277 e. The Kier molecular flexibility index (Phi) is 4.68. The molecule has 1 atom stereocenters. The van der Waals surface area contributed by atoms with Crippen molar-refractivity contribution in [2.45, 2.75) is 30.4 Å². The lowest BCUT2D eigenvalue weighted by atomic mass is 10.2. The van der Waals surface area contributed by atoms with Gasteiger partial charge in [-0.1, -0.05) is 19.1 Å². The van der Waals surface area contributed by atoms with Gasteiger partial charge < -0.3 is 10.2 Å². The molecule has 0 aliphatic carbocycles. The van der Waals surface area contributed by atoms with Crippen LogP contribution in [-0.2, 0) is 4.79 Å². The number of carbonyl (C=O) groups is 2. The van der Waals surface area contributed by atoms with E-state index in [0.717, 1.165) is 17.0 Å². The number of aromatic nitrogens is 1. The van der Waals surface area contributed by atoms with E-state index in [4.69, 9.17) is 0 Å². The number of thioether (sulfide) groups is 1. The highest BCUT2D eigenvalue weighted by atomic mass is 32.2. The van der Waals surface area contributed by atoms with Crippen molar-refractivity contribution in [2.24, 2.45) is 0 Å². The molecule has 2 amide bonds. The Labute approximate surface area is 143 Å². The van der Waals surface area contributed by atoms with Crippen molar-refractivity contribution >= 4 is 45.7 Å². The first-order valence-corrected chi connectivity index (χ1v) is 9.11. The molecule has 1 N–H and O–H groups in total. The number of amides is 2. The van der Waals surface area contributed by atoms with Crippen molar-refractivity contribution in [3.05, 3.63) is 35.3 Å². The van der Waals surface area contributed by atoms with Crippen LogP contribution < -0.4 is 10.2 Å². The fraction of sp³-hybridized carbons (Fsp3) is 0.312. The number of carbonyl (C=O) groups excluding carboxylic acids is 2. The number of hydrogen-bond donors (Lipinski definition) is 1. The van der Waals surface area contributed by atoms with E-state index >= 15 is 0 Å². The summed E-state index contributed by atoms with van der Waals surface area (Å²) in [5, 5.41) is 5.22. The summed E-state index contributed by atoms with van der Waals surface area (Å²) in [7, 11) is 0. The molecule has 2 aromatic rings. The van der Waals surface area contributed by atoms with Crippen LogP contribution in [0, 0.1) is 0 Å². The molecular formula is C16H17N3O2S2. The average Bonchev–Trinajstić information content (AvgIpc) is 2.89. The van der Waals surface area contributed by atoms with Gasteiger partial charge in [0.2, 0.25) is 5.91 Å². The van der Waals surface area contributed by atoms with Gasteiger partial charge in [0.1, 0.15) is 5.69 Å². The van der Waals surface area contributed by atoms with E-state index in [1.54, 1.807) is 22.0 Å². The molecular weight excluding hydrogens is 330 g/mol. The van der Waals surface area contributed by atoms with Gasteiger partial charge in [-0.2, -0.15) is 0 Å². The average molecular weight is 347 g/mol. The lowest BCUT2D eigenvalue weighted by Gasteiger charge is -2.21. The first-order chi connectivity index (χ1) is 11.0. The number of thiazole rings is 1. The zero-order valence-corrected chi connectivity index (χ0v) is 14.5. The second-order valence-corrected chi connectivity index (χ2v) is 7.70. The highest BCUT2D eigenvalue weighted by Crippen LogP contribution is 2.37. The van der Waals surface area contributed by atoms with Crippen molar-refractivity contribution in [3.8, 4) is 0 Å². The minimum Gasteiger partial charge on any atom is -0.306 e. The number of nitrogens with one attached hydrogen (secondary N) is 1. The molecule has 0 saturated heterocycles. The van der Waals surface area contributed by atoms with Crippen molar-refractivity contribution in [1.29, 1.82) is 0 Å². The third kappa shape index (κ3) is 3.56. The van der Waals surface area contributed by atoms with E-state index in [2.05, 4.69) is 17.2 Å². The number of benzene rings is 1. The molecule has 5 nitrogen and oxygen atoms in total. The molecule has 1 aromatic carbocycles. The second kappa shape index (κ2) is 6.72. The van der Waals surface area contributed by atoms with Crippen molar-refractivity contribution in [2.75, 3.05) is 16.8 Å². The Morgan fingerprint density at radius 2 is 2.13 bits per heavy atom. The van der Waals surface area contributed by atoms with Crippen molar-refractivity contribution in [3.63, 3.8) is 0 Å². The van der Waals surface area contributed by atoms with Gasteiger partial charge in [0.05, 0.1) is 5.69 Å². The van der Waals surface area contributed by atoms with E-state index < -0.39 is 0 Å². The molecule has 1 aliphatic rings. The van der Waals surface area contributed by atoms with E-state index in [-0.39, 0.29) is 11.8 Å². The van der Waals surface area contributed by atoms with Crippen LogP contribution in [0.25, 0.3) is 0 Å². The van der Waals surface area contributed by atoms with Gasteiger partial charge in [-0.3, -0.25) is 9.59 Å². The lowest BCUT2D eigenvalue weighted by Crippen LogP contribution is -2.32. The maximum absolute atomic E-state index is 12.9. The van der Waals surface area contributed by atoms with Crippen LogP contribution >= 0.6 is 23.1 Å². The molecule has 0 unspecified atom stereocenters. The largest absolute Gasteiger partial charge is 0.306 e. The number of anilines is 2. The monoisotopic (exact) mass is 347 g/mol. The van der Waals surface area contributed by atoms with Gasteiger partial charge in [0.25, 0.3) is 5.91 Å². The van der Waals surface area contributed by atoms with Gasteiger partial charge in [-0.15, -0.1) is 23.1 Å². The predicted octanol–water partition coefficient (Wildman–Crippen LogP) is 3.63. The standard InChI is InChI=1S/C16H17N3O2S2/c1-10-7-8-19(13-5-3-4-6-14(13)23-10)15(21)12-9-22-16(18-12)17-11(2)20/h3-6,9-10H,7-8H2,1-2H3,(H,17,18,20)/t10-/m1/s1. The third-order valence-electron chi connectivity index (χ3n) is 3.49. The summed E-state index contributed by atoms with van der Waals surface area (Å²) in [6.45, 7) is 4.26. The molecule has 3 rings (SSSR count). The summed E-state index contributed by atoms with van der Waals surface area (Å²) in [5.41, 5.74) is 1.30. The number of nitrogens with zero attached hydrogens (tertiary/aromatic N) is 2. The summed E-state index contributed by atoms with van der Waals surface area (Å²) in [6, 6.07) is 7.95. The fourth-order valence-electron chi connectivity index (χ4n) is 2.42. The zero-order chi connectivity index (χ0) is 16.4. The van der Waals surface area contributed by atoms with E-state index in [0.29, 0.717) is 22.6 Å². The van der Waals surface area contributed by atoms with Crippen LogP contribution in [0.4, 0.5) is 10.8 Å². The smallest absolute Gasteiger partial charge is 0.277 e. The Bertz CT molecular complexity index is 744. The quantitative estimate of drug-likeness (QED) is 0.901. The molecule has 2 heterocycles. The van der Waals surface area contributed by atoms with Gasteiger partial charge in [-0.25, -0.2) is 4.98 Å². The van der Waals surface area contributed by atoms with Gasteiger partial charge in [0.15, 0.2) is 5.13 Å². The normalized spacial score (nSPS) is 17.3. The molecule has 0 radical (unpaired) electrons. The Morgan fingerprint density at radius 1 is 1.35 bits per heavy atom. The van der Waals surface area contributed by atoms with Gasteiger partial charge in [-0.05, 0) is 18.6 Å². The van der Waals surface area contributed by atoms with E-state index in [9.17, 15) is 9.59 Å². The highest BCUT2D eigenvalue weighted by molar-refractivity contribution is 8.00. The first kappa shape index (κ1) is 16.0. The molecule has 120 valence electrons. The fourth-order valence-corrected chi connectivity index (χ4v) is 4.26. The van der Waals surface area contributed by atoms with E-state index in [1.165, 1.54) is 18.3 Å². The van der Waals surface area contributed by atoms with Crippen LogP contribution in [0.5, 0.6) is 0 Å². The number of fused-ring (bicyclic) bond motifs is 1. The van der Waals surface area contributed by atoms with Crippen LogP contribution in [0.2, 0.25) is 0 Å². The first-order valence-electron chi connectivity index (χ1n) is 7.35. The molecule has 23 heavy (non-hydrogen) atoms. The molecule has 0 bridgehead atoms. The Hall–Kier alpha value is -1.86. The number of para-hydroxylation sites is 1. The minimum atomic E-state index is -0.191. The van der Waals surface area contributed by atoms with Crippen molar-refractivity contribution in [1.82, 2.24) is 4.98 Å². The number of rotatable bonds is 2. The summed E-state index contributed by atoms with van der Waals surface area (Å²) >= 11 is 3.06. The predicted molar refractivity (Wildman–Crippen MR) is 94.5 cm³/mol. The highest BCUT2D eigenvalue weighted by Gasteiger charge is 2.26. The van der Waals surface area contributed by atoms with Gasteiger partial charge in [0, 0.05) is 29.0 Å². The van der Waals surface area contributed by atoms with Gasteiger partial charge >= 0.3 is 0 Å². The summed E-state index contributed by atoms with van der Waals surface area (Å²) in [5.74, 6) is -0.316. The lowest BCUT2D eigenvalue weighted by molar-refractivity contribution is -0.114.